The Labute approximate surface area is 158 Å². The van der Waals surface area contributed by atoms with Crippen molar-refractivity contribution >= 4 is 29.1 Å². The van der Waals surface area contributed by atoms with Gasteiger partial charge in [0.05, 0.1) is 17.3 Å². The second-order valence-corrected chi connectivity index (χ2v) is 6.78. The lowest BCUT2D eigenvalue weighted by atomic mass is 10.1. The van der Waals surface area contributed by atoms with E-state index in [1.165, 1.54) is 0 Å². The molecule has 3 rings (SSSR count). The number of rotatable bonds is 4. The van der Waals surface area contributed by atoms with Crippen molar-refractivity contribution < 1.29 is 9.59 Å². The van der Waals surface area contributed by atoms with Gasteiger partial charge in [-0.15, -0.1) is 0 Å². The van der Waals surface area contributed by atoms with Crippen molar-refractivity contribution in [3.05, 3.63) is 64.7 Å². The molecule has 2 aromatic carbocycles. The number of amides is 2. The van der Waals surface area contributed by atoms with Crippen molar-refractivity contribution in [1.82, 2.24) is 9.80 Å². The molecule has 0 spiro atoms. The molecule has 0 unspecified atom stereocenters. The first-order valence-corrected chi connectivity index (χ1v) is 9.04. The molecule has 2 aromatic rings. The van der Waals surface area contributed by atoms with Crippen molar-refractivity contribution in [1.29, 1.82) is 0 Å². The predicted molar refractivity (Wildman–Crippen MR) is 104 cm³/mol. The maximum Gasteiger partial charge on any atom is 0.253 e. The third kappa shape index (κ3) is 4.35. The molecule has 0 atom stereocenters. The number of halogens is 1. The molecule has 6 heteroatoms. The van der Waals surface area contributed by atoms with E-state index in [0.717, 1.165) is 11.3 Å². The van der Waals surface area contributed by atoms with E-state index in [1.807, 2.05) is 49.4 Å². The molecular formula is C20H22ClN3O2. The number of hydrogen-bond acceptors (Lipinski definition) is 3. The van der Waals surface area contributed by atoms with Crippen LogP contribution in [0.3, 0.4) is 0 Å². The number of carbonyl (C=O) groups is 2. The van der Waals surface area contributed by atoms with E-state index < -0.39 is 0 Å². The Morgan fingerprint density at radius 2 is 1.58 bits per heavy atom. The highest BCUT2D eigenvalue weighted by molar-refractivity contribution is 6.33. The molecule has 0 aromatic heterocycles. The normalized spacial score (nSPS) is 14.2. The van der Waals surface area contributed by atoms with Gasteiger partial charge in [-0.1, -0.05) is 41.4 Å². The van der Waals surface area contributed by atoms with Gasteiger partial charge in [-0.3, -0.25) is 9.59 Å². The van der Waals surface area contributed by atoms with Gasteiger partial charge in [-0.25, -0.2) is 0 Å². The van der Waals surface area contributed by atoms with Crippen LogP contribution in [0, 0.1) is 6.92 Å². The van der Waals surface area contributed by atoms with Crippen LogP contribution in [0.5, 0.6) is 0 Å². The second-order valence-electron chi connectivity index (χ2n) is 6.37. The first kappa shape index (κ1) is 18.3. The molecule has 0 radical (unpaired) electrons. The van der Waals surface area contributed by atoms with Crippen LogP contribution in [-0.4, -0.2) is 54.3 Å². The van der Waals surface area contributed by atoms with Crippen molar-refractivity contribution in [2.45, 2.75) is 6.92 Å². The zero-order valence-electron chi connectivity index (χ0n) is 14.7. The number of nitrogens with one attached hydrogen (secondary N) is 1. The number of para-hydroxylation sites is 1. The highest BCUT2D eigenvalue weighted by Crippen LogP contribution is 2.20. The topological polar surface area (TPSA) is 52.7 Å². The minimum atomic E-state index is 0.00681. The minimum absolute atomic E-state index is 0.00681. The molecule has 0 saturated carbocycles. The van der Waals surface area contributed by atoms with Gasteiger partial charge in [0.2, 0.25) is 5.91 Å². The van der Waals surface area contributed by atoms with Gasteiger partial charge >= 0.3 is 0 Å². The molecule has 5 nitrogen and oxygen atoms in total. The molecular weight excluding hydrogens is 350 g/mol. The Hall–Kier alpha value is -2.53. The lowest BCUT2D eigenvalue weighted by Crippen LogP contribution is -2.51. The Balaban J connectivity index is 1.50. The number of aryl methyl sites for hydroxylation is 1. The van der Waals surface area contributed by atoms with Gasteiger partial charge in [0.25, 0.3) is 5.91 Å². The highest BCUT2D eigenvalue weighted by atomic mass is 35.5. The minimum Gasteiger partial charge on any atom is -0.375 e. The number of nitrogens with zero attached hydrogens (tertiary/aromatic N) is 2. The smallest absolute Gasteiger partial charge is 0.253 e. The van der Waals surface area contributed by atoms with E-state index in [2.05, 4.69) is 5.32 Å². The molecule has 1 aliphatic rings. The second kappa shape index (κ2) is 8.23. The zero-order valence-corrected chi connectivity index (χ0v) is 15.5. The fourth-order valence-corrected chi connectivity index (χ4v) is 3.13. The van der Waals surface area contributed by atoms with Crippen LogP contribution in [0.1, 0.15) is 15.9 Å². The van der Waals surface area contributed by atoms with E-state index in [0.29, 0.717) is 36.8 Å². The SMILES string of the molecule is Cc1ccc(C(=O)N2CCN(C(=O)CNc3ccccc3Cl)CC2)cc1. The maximum absolute atomic E-state index is 12.5. The Morgan fingerprint density at radius 1 is 0.962 bits per heavy atom. The first-order valence-electron chi connectivity index (χ1n) is 8.67. The fraction of sp³-hybridized carbons (Fsp3) is 0.300. The Kier molecular flexibility index (Phi) is 5.78. The number of carbonyl (C=O) groups excluding carboxylic acids is 2. The number of anilines is 1. The Morgan fingerprint density at radius 3 is 2.23 bits per heavy atom. The average molecular weight is 372 g/mol. The van der Waals surface area contributed by atoms with Gasteiger partial charge in [-0.05, 0) is 31.2 Å². The van der Waals surface area contributed by atoms with Crippen LogP contribution in [0.2, 0.25) is 5.02 Å². The van der Waals surface area contributed by atoms with Crippen molar-refractivity contribution in [3.63, 3.8) is 0 Å². The van der Waals surface area contributed by atoms with Crippen LogP contribution < -0.4 is 5.32 Å². The summed E-state index contributed by atoms with van der Waals surface area (Å²) in [5.74, 6) is 0.0265. The van der Waals surface area contributed by atoms with E-state index in [9.17, 15) is 9.59 Å². The molecule has 136 valence electrons. The van der Waals surface area contributed by atoms with E-state index >= 15 is 0 Å². The molecule has 1 N–H and O–H groups in total. The number of piperazine rings is 1. The number of benzene rings is 2. The molecule has 1 saturated heterocycles. The van der Waals surface area contributed by atoms with Crippen molar-refractivity contribution in [3.8, 4) is 0 Å². The summed E-state index contributed by atoms with van der Waals surface area (Å²) in [4.78, 5) is 28.5. The van der Waals surface area contributed by atoms with Gasteiger partial charge in [0.1, 0.15) is 0 Å². The quantitative estimate of drug-likeness (QED) is 0.898. The Bertz CT molecular complexity index is 784. The molecule has 1 aliphatic heterocycles. The molecule has 26 heavy (non-hydrogen) atoms. The van der Waals surface area contributed by atoms with Crippen LogP contribution in [0.15, 0.2) is 48.5 Å². The summed E-state index contributed by atoms with van der Waals surface area (Å²) in [5, 5.41) is 3.66. The summed E-state index contributed by atoms with van der Waals surface area (Å²) >= 11 is 6.08. The van der Waals surface area contributed by atoms with Gasteiger partial charge in [0, 0.05) is 31.7 Å². The summed E-state index contributed by atoms with van der Waals surface area (Å²) in [5.41, 5.74) is 2.56. The van der Waals surface area contributed by atoms with Crippen LogP contribution >= 0.6 is 11.6 Å². The highest BCUT2D eigenvalue weighted by Gasteiger charge is 2.24. The summed E-state index contributed by atoms with van der Waals surface area (Å²) in [6, 6.07) is 14.9. The predicted octanol–water partition coefficient (Wildman–Crippen LogP) is 3.04. The fourth-order valence-electron chi connectivity index (χ4n) is 2.92. The lowest BCUT2D eigenvalue weighted by Gasteiger charge is -2.35. The lowest BCUT2D eigenvalue weighted by molar-refractivity contribution is -0.130. The third-order valence-electron chi connectivity index (χ3n) is 4.52. The summed E-state index contributed by atoms with van der Waals surface area (Å²) in [6.45, 7) is 4.36. The van der Waals surface area contributed by atoms with E-state index in [-0.39, 0.29) is 18.4 Å². The average Bonchev–Trinajstić information content (AvgIpc) is 2.67. The summed E-state index contributed by atoms with van der Waals surface area (Å²) in [6.07, 6.45) is 0. The van der Waals surface area contributed by atoms with Crippen molar-refractivity contribution in [2.24, 2.45) is 0 Å². The van der Waals surface area contributed by atoms with Crippen LogP contribution in [0.25, 0.3) is 0 Å². The van der Waals surface area contributed by atoms with Gasteiger partial charge in [-0.2, -0.15) is 0 Å². The summed E-state index contributed by atoms with van der Waals surface area (Å²) in [7, 11) is 0. The van der Waals surface area contributed by atoms with Crippen molar-refractivity contribution in [2.75, 3.05) is 38.0 Å². The first-order chi connectivity index (χ1) is 12.5. The molecule has 1 heterocycles. The monoisotopic (exact) mass is 371 g/mol. The molecule has 1 fully saturated rings. The van der Waals surface area contributed by atoms with Gasteiger partial charge in [0.15, 0.2) is 0 Å². The van der Waals surface area contributed by atoms with Crippen LogP contribution in [-0.2, 0) is 4.79 Å². The number of hydrogen-bond donors (Lipinski definition) is 1. The van der Waals surface area contributed by atoms with E-state index in [4.69, 9.17) is 11.6 Å². The zero-order chi connectivity index (χ0) is 18.5. The molecule has 0 bridgehead atoms. The summed E-state index contributed by atoms with van der Waals surface area (Å²) < 4.78 is 0. The molecule has 2 amide bonds. The standard InChI is InChI=1S/C20H22ClN3O2/c1-15-6-8-16(9-7-15)20(26)24-12-10-23(11-13-24)19(25)14-22-18-5-3-2-4-17(18)21/h2-9,22H,10-14H2,1H3. The van der Waals surface area contributed by atoms with E-state index in [1.54, 1.807) is 15.9 Å². The van der Waals surface area contributed by atoms with Gasteiger partial charge < -0.3 is 15.1 Å². The van der Waals surface area contributed by atoms with Crippen LogP contribution in [0.4, 0.5) is 5.69 Å². The third-order valence-corrected chi connectivity index (χ3v) is 4.85. The molecule has 0 aliphatic carbocycles. The largest absolute Gasteiger partial charge is 0.375 e. The maximum atomic E-state index is 12.5.